The average molecular weight is 444 g/mol. The van der Waals surface area contributed by atoms with Crippen molar-refractivity contribution in [3.8, 4) is 5.75 Å². The van der Waals surface area contributed by atoms with Gasteiger partial charge in [-0.3, -0.25) is 9.89 Å². The molecule has 1 aromatic carbocycles. The molecule has 1 amide bonds. The maximum absolute atomic E-state index is 12.7. The Bertz CT molecular complexity index is 1020. The number of aromatic amines is 1. The van der Waals surface area contributed by atoms with Crippen molar-refractivity contribution in [1.29, 1.82) is 0 Å². The van der Waals surface area contributed by atoms with Crippen molar-refractivity contribution in [2.75, 3.05) is 26.3 Å². The standard InChI is InChI=1S/C22H26ClN5O3/c1-16-24-8-10-27(16)9-6-22(29)28-11-13-31-21(15-28)19-14-17(25-26-19)7-12-30-20-5-3-2-4-18(20)23/h2-5,8,10,14,21H,6-7,9,11-13,15H2,1H3,(H,25,26)/t21-/m0/s1. The summed E-state index contributed by atoms with van der Waals surface area (Å²) >= 11 is 6.11. The van der Waals surface area contributed by atoms with Crippen LogP contribution in [0.1, 0.15) is 29.7 Å². The van der Waals surface area contributed by atoms with Crippen molar-refractivity contribution in [1.82, 2.24) is 24.6 Å². The lowest BCUT2D eigenvalue weighted by atomic mass is 10.1. The van der Waals surface area contributed by atoms with Gasteiger partial charge < -0.3 is 18.9 Å². The molecule has 0 unspecified atom stereocenters. The zero-order valence-corrected chi connectivity index (χ0v) is 18.2. The number of carbonyl (C=O) groups is 1. The van der Waals surface area contributed by atoms with Crippen LogP contribution in [0.15, 0.2) is 42.7 Å². The van der Waals surface area contributed by atoms with Gasteiger partial charge in [0.25, 0.3) is 0 Å². The summed E-state index contributed by atoms with van der Waals surface area (Å²) < 4.78 is 13.6. The van der Waals surface area contributed by atoms with Gasteiger partial charge in [0, 0.05) is 44.0 Å². The van der Waals surface area contributed by atoms with E-state index in [1.165, 1.54) is 0 Å². The molecule has 1 atom stereocenters. The van der Waals surface area contributed by atoms with Crippen LogP contribution in [0.5, 0.6) is 5.75 Å². The predicted octanol–water partition coefficient (Wildman–Crippen LogP) is 3.18. The van der Waals surface area contributed by atoms with Gasteiger partial charge >= 0.3 is 0 Å². The molecule has 1 saturated heterocycles. The number of rotatable bonds is 8. The summed E-state index contributed by atoms with van der Waals surface area (Å²) in [5, 5.41) is 8.03. The number of imidazole rings is 1. The number of nitrogens with one attached hydrogen (secondary N) is 1. The van der Waals surface area contributed by atoms with Crippen molar-refractivity contribution in [3.05, 3.63) is 65.0 Å². The summed E-state index contributed by atoms with van der Waals surface area (Å²) in [6.45, 7) is 4.64. The summed E-state index contributed by atoms with van der Waals surface area (Å²) in [6, 6.07) is 9.38. The lowest BCUT2D eigenvalue weighted by molar-refractivity contribution is -0.139. The van der Waals surface area contributed by atoms with Crippen LogP contribution in [-0.4, -0.2) is 56.9 Å². The Labute approximate surface area is 186 Å². The lowest BCUT2D eigenvalue weighted by Gasteiger charge is -2.32. The number of amides is 1. The monoisotopic (exact) mass is 443 g/mol. The Hall–Kier alpha value is -2.84. The minimum atomic E-state index is -0.234. The molecule has 0 aliphatic carbocycles. The first kappa shape index (κ1) is 21.4. The number of morpholine rings is 1. The fraction of sp³-hybridized carbons (Fsp3) is 0.409. The lowest BCUT2D eigenvalue weighted by Crippen LogP contribution is -2.42. The van der Waals surface area contributed by atoms with Gasteiger partial charge in [-0.1, -0.05) is 23.7 Å². The molecule has 4 rings (SSSR count). The zero-order chi connectivity index (χ0) is 21.6. The van der Waals surface area contributed by atoms with Crippen LogP contribution >= 0.6 is 11.6 Å². The third-order valence-corrected chi connectivity index (χ3v) is 5.67. The summed E-state index contributed by atoms with van der Waals surface area (Å²) in [5.41, 5.74) is 1.75. The van der Waals surface area contributed by atoms with Crippen LogP contribution in [0.25, 0.3) is 0 Å². The Balaban J connectivity index is 1.27. The first-order valence-electron chi connectivity index (χ1n) is 10.4. The van der Waals surface area contributed by atoms with E-state index in [0.717, 1.165) is 17.2 Å². The normalized spacial score (nSPS) is 16.5. The van der Waals surface area contributed by atoms with Crippen LogP contribution in [0.2, 0.25) is 5.02 Å². The van der Waals surface area contributed by atoms with Gasteiger partial charge in [-0.2, -0.15) is 5.10 Å². The summed E-state index contributed by atoms with van der Waals surface area (Å²) in [6.07, 6.45) is 4.51. The van der Waals surface area contributed by atoms with Crippen LogP contribution in [0.3, 0.4) is 0 Å². The molecule has 0 saturated carbocycles. The highest BCUT2D eigenvalue weighted by molar-refractivity contribution is 6.32. The van der Waals surface area contributed by atoms with E-state index in [9.17, 15) is 4.79 Å². The van der Waals surface area contributed by atoms with E-state index in [0.29, 0.717) is 56.5 Å². The molecule has 1 N–H and O–H groups in total. The second kappa shape index (κ2) is 9.98. The smallest absolute Gasteiger partial charge is 0.224 e. The van der Waals surface area contributed by atoms with Crippen molar-refractivity contribution in [3.63, 3.8) is 0 Å². The molecule has 8 nitrogen and oxygen atoms in total. The Morgan fingerprint density at radius 3 is 3.06 bits per heavy atom. The number of aromatic nitrogens is 4. The number of hydrogen-bond donors (Lipinski definition) is 1. The molecule has 9 heteroatoms. The minimum Gasteiger partial charge on any atom is -0.492 e. The van der Waals surface area contributed by atoms with Crippen molar-refractivity contribution in [2.45, 2.75) is 32.4 Å². The van der Waals surface area contributed by atoms with Gasteiger partial charge in [-0.15, -0.1) is 0 Å². The first-order chi connectivity index (χ1) is 15.1. The number of ether oxygens (including phenoxy) is 2. The highest BCUT2D eigenvalue weighted by atomic mass is 35.5. The molecular formula is C22H26ClN5O3. The number of hydrogen-bond acceptors (Lipinski definition) is 5. The highest BCUT2D eigenvalue weighted by Gasteiger charge is 2.27. The fourth-order valence-electron chi connectivity index (χ4n) is 3.57. The molecule has 2 aromatic heterocycles. The Kier molecular flexibility index (Phi) is 6.89. The van der Waals surface area contributed by atoms with E-state index in [1.54, 1.807) is 12.3 Å². The molecule has 164 valence electrons. The quantitative estimate of drug-likeness (QED) is 0.578. The summed E-state index contributed by atoms with van der Waals surface area (Å²) in [5.74, 6) is 1.69. The van der Waals surface area contributed by atoms with Crippen molar-refractivity contribution < 1.29 is 14.3 Å². The third kappa shape index (κ3) is 5.45. The van der Waals surface area contributed by atoms with E-state index in [4.69, 9.17) is 21.1 Å². The molecular weight excluding hydrogens is 418 g/mol. The van der Waals surface area contributed by atoms with Gasteiger partial charge in [0.1, 0.15) is 17.7 Å². The Morgan fingerprint density at radius 1 is 1.39 bits per heavy atom. The second-order valence-electron chi connectivity index (χ2n) is 7.46. The maximum Gasteiger partial charge on any atom is 0.224 e. The van der Waals surface area contributed by atoms with Crippen LogP contribution in [-0.2, 0) is 22.5 Å². The van der Waals surface area contributed by atoms with Crippen LogP contribution < -0.4 is 4.74 Å². The molecule has 1 aliphatic heterocycles. The van der Waals surface area contributed by atoms with E-state index in [1.807, 2.05) is 46.9 Å². The van der Waals surface area contributed by atoms with E-state index >= 15 is 0 Å². The van der Waals surface area contributed by atoms with Gasteiger partial charge in [-0.05, 0) is 25.1 Å². The molecule has 1 aliphatic rings. The molecule has 3 heterocycles. The van der Waals surface area contributed by atoms with Gasteiger partial charge in [0.2, 0.25) is 5.91 Å². The van der Waals surface area contributed by atoms with Crippen molar-refractivity contribution in [2.24, 2.45) is 0 Å². The molecule has 0 spiro atoms. The molecule has 3 aromatic rings. The number of nitrogens with zero attached hydrogens (tertiary/aromatic N) is 4. The largest absolute Gasteiger partial charge is 0.492 e. The molecule has 1 fully saturated rings. The maximum atomic E-state index is 12.7. The predicted molar refractivity (Wildman–Crippen MR) is 116 cm³/mol. The third-order valence-electron chi connectivity index (χ3n) is 5.36. The molecule has 0 bridgehead atoms. The zero-order valence-electron chi connectivity index (χ0n) is 17.5. The van der Waals surface area contributed by atoms with Crippen LogP contribution in [0.4, 0.5) is 0 Å². The fourth-order valence-corrected chi connectivity index (χ4v) is 3.76. The number of H-pyrrole nitrogens is 1. The SMILES string of the molecule is Cc1nccn1CCC(=O)N1CCO[C@H](c2cc(CCOc3ccccc3Cl)[nH]n2)C1. The number of carbonyl (C=O) groups excluding carboxylic acids is 1. The number of para-hydroxylation sites is 1. The molecule has 0 radical (unpaired) electrons. The highest BCUT2D eigenvalue weighted by Crippen LogP contribution is 2.24. The van der Waals surface area contributed by atoms with Crippen LogP contribution in [0, 0.1) is 6.92 Å². The first-order valence-corrected chi connectivity index (χ1v) is 10.8. The van der Waals surface area contributed by atoms with Gasteiger partial charge in [0.15, 0.2) is 0 Å². The second-order valence-corrected chi connectivity index (χ2v) is 7.87. The number of halogens is 1. The van der Waals surface area contributed by atoms with E-state index in [2.05, 4.69) is 15.2 Å². The molecule has 31 heavy (non-hydrogen) atoms. The minimum absolute atomic E-state index is 0.116. The number of aryl methyl sites for hydroxylation is 2. The van der Waals surface area contributed by atoms with Crippen molar-refractivity contribution >= 4 is 17.5 Å². The van der Waals surface area contributed by atoms with Gasteiger partial charge in [-0.25, -0.2) is 4.98 Å². The Morgan fingerprint density at radius 2 is 2.26 bits per heavy atom. The topological polar surface area (TPSA) is 85.3 Å². The van der Waals surface area contributed by atoms with E-state index in [-0.39, 0.29) is 12.0 Å². The van der Waals surface area contributed by atoms with Gasteiger partial charge in [0.05, 0.1) is 30.5 Å². The number of benzene rings is 1. The summed E-state index contributed by atoms with van der Waals surface area (Å²) in [7, 11) is 0. The van der Waals surface area contributed by atoms with E-state index < -0.39 is 0 Å². The average Bonchev–Trinajstić information content (AvgIpc) is 3.42. The summed E-state index contributed by atoms with van der Waals surface area (Å²) in [4.78, 5) is 18.7.